The largest absolute Gasteiger partial charge is 0.383 e. The third kappa shape index (κ3) is 5.32. The van der Waals surface area contributed by atoms with Crippen LogP contribution in [0.4, 0.5) is 0 Å². The van der Waals surface area contributed by atoms with Crippen molar-refractivity contribution < 1.29 is 14.3 Å². The number of benzene rings is 1. The van der Waals surface area contributed by atoms with Gasteiger partial charge in [0.15, 0.2) is 5.01 Å². The van der Waals surface area contributed by atoms with E-state index in [1.165, 1.54) is 11.3 Å². The molecule has 5 rings (SSSR count). The average Bonchev–Trinajstić information content (AvgIpc) is 3.47. The summed E-state index contributed by atoms with van der Waals surface area (Å²) in [6.45, 7) is 3.21. The van der Waals surface area contributed by atoms with Crippen LogP contribution in [0.3, 0.4) is 0 Å². The van der Waals surface area contributed by atoms with Crippen molar-refractivity contribution in [2.24, 2.45) is 5.73 Å². The van der Waals surface area contributed by atoms with E-state index in [9.17, 15) is 9.59 Å². The van der Waals surface area contributed by atoms with Gasteiger partial charge in [-0.15, -0.1) is 23.7 Å². The lowest BCUT2D eigenvalue weighted by molar-refractivity contribution is 0.0755. The third-order valence-corrected chi connectivity index (χ3v) is 8.44. The predicted molar refractivity (Wildman–Crippen MR) is 144 cm³/mol. The number of nitrogens with zero attached hydrogens (tertiary/aromatic N) is 2. The highest BCUT2D eigenvalue weighted by Crippen LogP contribution is 2.32. The first kappa shape index (κ1) is 27.0. The summed E-state index contributed by atoms with van der Waals surface area (Å²) < 4.78 is 5.19. The topological polar surface area (TPSA) is 113 Å². The summed E-state index contributed by atoms with van der Waals surface area (Å²) in [5.41, 5.74) is 7.84. The summed E-state index contributed by atoms with van der Waals surface area (Å²) in [6, 6.07) is 6.76. The quantitative estimate of drug-likeness (QED) is 0.383. The number of ether oxygens (including phenoxy) is 1. The molecule has 1 fully saturated rings. The molecule has 3 heterocycles. The second-order valence-corrected chi connectivity index (χ2v) is 11.0. The number of halogens is 2. The summed E-state index contributed by atoms with van der Waals surface area (Å²) >= 11 is 7.53. The smallest absolute Gasteiger partial charge is 0.280 e. The van der Waals surface area contributed by atoms with Crippen LogP contribution in [0.1, 0.15) is 56.5 Å². The fourth-order valence-electron chi connectivity index (χ4n) is 5.12. The minimum Gasteiger partial charge on any atom is -0.383 e. The molecule has 11 heteroatoms. The minimum absolute atomic E-state index is 0. The highest BCUT2D eigenvalue weighted by molar-refractivity contribution is 7.13. The monoisotopic (exact) mass is 551 g/mol. The standard InChI is InChI=1S/C25H30ClN5O3S.ClH/c1-34-11-10-31-9-7-18-20(14-31)35-24(29-18)23(33)30-21-4-2-3-8-25(21,27)22(32)19-13-15-12-16(26)5-6-17(15)28-19;/h5-6,12-13,21,28H,2-4,7-11,14,27H2,1H3,(H,30,33);1H. The van der Waals surface area contributed by atoms with Crippen LogP contribution in [0.25, 0.3) is 10.9 Å². The molecule has 1 aliphatic heterocycles. The molecule has 0 saturated heterocycles. The number of nitrogens with one attached hydrogen (secondary N) is 2. The Kier molecular flexibility index (Phi) is 8.38. The first-order valence-electron chi connectivity index (χ1n) is 12.0. The van der Waals surface area contributed by atoms with Crippen molar-refractivity contribution in [3.05, 3.63) is 50.6 Å². The van der Waals surface area contributed by atoms with Crippen LogP contribution < -0.4 is 11.1 Å². The van der Waals surface area contributed by atoms with E-state index < -0.39 is 11.6 Å². The van der Waals surface area contributed by atoms with Gasteiger partial charge in [0, 0.05) is 54.0 Å². The van der Waals surface area contributed by atoms with Crippen molar-refractivity contribution in [1.82, 2.24) is 20.2 Å². The lowest BCUT2D eigenvalue weighted by Gasteiger charge is -2.39. The average molecular weight is 553 g/mol. The van der Waals surface area contributed by atoms with Gasteiger partial charge >= 0.3 is 0 Å². The fourth-order valence-corrected chi connectivity index (χ4v) is 6.36. The number of Topliss-reactive ketones (excluding diaryl/α,β-unsaturated/α-hetero) is 1. The lowest BCUT2D eigenvalue weighted by atomic mass is 9.74. The van der Waals surface area contributed by atoms with Gasteiger partial charge in [-0.2, -0.15) is 0 Å². The Bertz CT molecular complexity index is 1260. The van der Waals surface area contributed by atoms with E-state index in [2.05, 4.69) is 20.2 Å². The van der Waals surface area contributed by atoms with Gasteiger partial charge in [0.2, 0.25) is 5.78 Å². The number of rotatable bonds is 7. The number of fused-ring (bicyclic) bond motifs is 2. The molecule has 2 atom stereocenters. The molecule has 1 aromatic carbocycles. The zero-order chi connectivity index (χ0) is 24.6. The molecule has 2 aliphatic rings. The van der Waals surface area contributed by atoms with E-state index in [4.69, 9.17) is 22.1 Å². The number of carbonyl (C=O) groups is 2. The number of H-pyrrole nitrogens is 1. The van der Waals surface area contributed by atoms with E-state index in [-0.39, 0.29) is 24.1 Å². The highest BCUT2D eigenvalue weighted by atomic mass is 35.5. The Morgan fingerprint density at radius 2 is 2.19 bits per heavy atom. The number of aromatic amines is 1. The zero-order valence-corrected chi connectivity index (χ0v) is 22.5. The van der Waals surface area contributed by atoms with Crippen LogP contribution in [0.5, 0.6) is 0 Å². The summed E-state index contributed by atoms with van der Waals surface area (Å²) in [7, 11) is 1.70. The second-order valence-electron chi connectivity index (χ2n) is 9.46. The number of hydrogen-bond donors (Lipinski definition) is 3. The maximum atomic E-state index is 13.6. The van der Waals surface area contributed by atoms with Crippen LogP contribution in [-0.4, -0.2) is 64.9 Å². The number of ketones is 1. The number of amides is 1. The predicted octanol–water partition coefficient (Wildman–Crippen LogP) is 3.96. The normalized spacial score (nSPS) is 22.1. The number of carbonyl (C=O) groups excluding carboxylic acids is 2. The number of aromatic nitrogens is 2. The Morgan fingerprint density at radius 3 is 3.00 bits per heavy atom. The van der Waals surface area contributed by atoms with Gasteiger partial charge in [0.05, 0.1) is 24.0 Å². The van der Waals surface area contributed by atoms with Gasteiger partial charge in [0.1, 0.15) is 5.54 Å². The van der Waals surface area contributed by atoms with Crippen molar-refractivity contribution in [3.8, 4) is 0 Å². The number of hydrogen-bond acceptors (Lipinski definition) is 7. The maximum Gasteiger partial charge on any atom is 0.280 e. The third-order valence-electron chi connectivity index (χ3n) is 7.13. The van der Waals surface area contributed by atoms with Crippen LogP contribution in [0, 0.1) is 0 Å². The molecule has 0 bridgehead atoms. The van der Waals surface area contributed by atoms with Crippen molar-refractivity contribution >= 4 is 57.9 Å². The molecule has 8 nitrogen and oxygen atoms in total. The molecule has 1 amide bonds. The van der Waals surface area contributed by atoms with E-state index in [1.807, 2.05) is 12.1 Å². The van der Waals surface area contributed by atoms with Crippen molar-refractivity contribution in [1.29, 1.82) is 0 Å². The molecular formula is C25H31Cl2N5O3S. The molecule has 2 unspecified atom stereocenters. The lowest BCUT2D eigenvalue weighted by Crippen LogP contribution is -2.64. The summed E-state index contributed by atoms with van der Waals surface area (Å²) in [5, 5.41) is 4.96. The molecule has 36 heavy (non-hydrogen) atoms. The molecule has 2 aromatic heterocycles. The summed E-state index contributed by atoms with van der Waals surface area (Å²) in [4.78, 5) is 38.1. The van der Waals surface area contributed by atoms with Gasteiger partial charge in [-0.25, -0.2) is 4.98 Å². The molecule has 194 valence electrons. The van der Waals surface area contributed by atoms with Gasteiger partial charge in [-0.05, 0) is 37.1 Å². The van der Waals surface area contributed by atoms with E-state index in [0.29, 0.717) is 35.2 Å². The number of thiazole rings is 1. The van der Waals surface area contributed by atoms with Gasteiger partial charge in [0.25, 0.3) is 5.91 Å². The number of methoxy groups -OCH3 is 1. The van der Waals surface area contributed by atoms with Crippen LogP contribution in [-0.2, 0) is 17.7 Å². The minimum atomic E-state index is -1.19. The fraction of sp³-hybridized carbons (Fsp3) is 0.480. The second kappa shape index (κ2) is 11.2. The Balaban J connectivity index is 0.00000304. The molecule has 4 N–H and O–H groups in total. The van der Waals surface area contributed by atoms with Crippen LogP contribution >= 0.6 is 35.3 Å². The zero-order valence-electron chi connectivity index (χ0n) is 20.1. The van der Waals surface area contributed by atoms with Gasteiger partial charge < -0.3 is 20.8 Å². The van der Waals surface area contributed by atoms with Gasteiger partial charge in [-0.1, -0.05) is 24.4 Å². The van der Waals surface area contributed by atoms with Crippen LogP contribution in [0.15, 0.2) is 24.3 Å². The molecule has 0 spiro atoms. The van der Waals surface area contributed by atoms with Gasteiger partial charge in [-0.3, -0.25) is 14.5 Å². The molecular weight excluding hydrogens is 521 g/mol. The number of nitrogens with two attached hydrogens (primary N) is 1. The first-order chi connectivity index (χ1) is 16.9. The van der Waals surface area contributed by atoms with Crippen LogP contribution in [0.2, 0.25) is 5.02 Å². The van der Waals surface area contributed by atoms with Crippen molar-refractivity contribution in [2.75, 3.05) is 26.8 Å². The Labute approximate surface area is 225 Å². The van der Waals surface area contributed by atoms with E-state index in [1.54, 1.807) is 19.2 Å². The summed E-state index contributed by atoms with van der Waals surface area (Å²) in [5.74, 6) is -0.451. The molecule has 1 aliphatic carbocycles. The molecule has 3 aromatic rings. The van der Waals surface area contributed by atoms with E-state index in [0.717, 1.165) is 60.4 Å². The van der Waals surface area contributed by atoms with E-state index >= 15 is 0 Å². The van der Waals surface area contributed by atoms with Crippen molar-refractivity contribution in [3.63, 3.8) is 0 Å². The Hall–Kier alpha value is -2.01. The Morgan fingerprint density at radius 1 is 1.36 bits per heavy atom. The summed E-state index contributed by atoms with van der Waals surface area (Å²) in [6.07, 6.45) is 3.72. The maximum absolute atomic E-state index is 13.6. The van der Waals surface area contributed by atoms with Crippen molar-refractivity contribution in [2.45, 2.75) is 50.2 Å². The molecule has 1 saturated carbocycles. The first-order valence-corrected chi connectivity index (χ1v) is 13.2. The SMILES string of the molecule is COCCN1CCc2nc(C(=O)NC3CCCCC3(N)C(=O)c3cc4cc(Cl)ccc4[nH]3)sc2C1.Cl. The molecule has 0 radical (unpaired) electrons. The highest BCUT2D eigenvalue weighted by Gasteiger charge is 2.45.